The van der Waals surface area contributed by atoms with Crippen LogP contribution in [0.3, 0.4) is 0 Å². The Morgan fingerprint density at radius 1 is 1.47 bits per heavy atom. The summed E-state index contributed by atoms with van der Waals surface area (Å²) < 4.78 is 32.7. The Kier molecular flexibility index (Phi) is 5.37. The quantitative estimate of drug-likeness (QED) is 0.733. The molecular formula is C11H20ClN3O3S. The van der Waals surface area contributed by atoms with Gasteiger partial charge in [-0.3, -0.25) is 4.68 Å². The maximum absolute atomic E-state index is 12.5. The minimum absolute atomic E-state index is 0.186. The smallest absolute Gasteiger partial charge is 0.246 e. The van der Waals surface area contributed by atoms with Crippen molar-refractivity contribution < 1.29 is 13.2 Å². The van der Waals surface area contributed by atoms with E-state index in [1.165, 1.54) is 18.5 Å². The molecule has 1 atom stereocenters. The van der Waals surface area contributed by atoms with E-state index >= 15 is 0 Å². The number of halogens is 1. The monoisotopic (exact) mass is 309 g/mol. The van der Waals surface area contributed by atoms with Crippen LogP contribution in [-0.2, 0) is 21.8 Å². The van der Waals surface area contributed by atoms with Crippen LogP contribution in [0.25, 0.3) is 0 Å². The molecule has 1 aromatic heterocycles. The molecule has 0 aliphatic carbocycles. The van der Waals surface area contributed by atoms with Crippen molar-refractivity contribution in [3.63, 3.8) is 0 Å². The molecule has 19 heavy (non-hydrogen) atoms. The zero-order valence-electron chi connectivity index (χ0n) is 11.8. The fourth-order valence-electron chi connectivity index (χ4n) is 1.89. The molecule has 8 heteroatoms. The lowest BCUT2D eigenvalue weighted by molar-refractivity contribution is 0.192. The summed E-state index contributed by atoms with van der Waals surface area (Å²) in [4.78, 5) is 0.249. The number of ether oxygens (including phenoxy) is 1. The highest BCUT2D eigenvalue weighted by Crippen LogP contribution is 2.22. The minimum Gasteiger partial charge on any atom is -0.383 e. The second-order valence-corrected chi connectivity index (χ2v) is 7.06. The van der Waals surface area contributed by atoms with Crippen molar-refractivity contribution >= 4 is 21.6 Å². The minimum atomic E-state index is -3.58. The highest BCUT2D eigenvalue weighted by Gasteiger charge is 2.29. The summed E-state index contributed by atoms with van der Waals surface area (Å²) in [6, 6.07) is 0. The fraction of sp³-hybridized carbons (Fsp3) is 0.727. The second kappa shape index (κ2) is 6.21. The van der Waals surface area contributed by atoms with Crippen molar-refractivity contribution in [2.75, 3.05) is 27.3 Å². The van der Waals surface area contributed by atoms with Gasteiger partial charge in [-0.2, -0.15) is 9.40 Å². The first-order chi connectivity index (χ1) is 8.71. The lowest BCUT2D eigenvalue weighted by Crippen LogP contribution is -2.34. The van der Waals surface area contributed by atoms with Crippen LogP contribution in [-0.4, -0.2) is 55.2 Å². The number of hydrogen-bond acceptors (Lipinski definition) is 4. The van der Waals surface area contributed by atoms with Gasteiger partial charge in [0.1, 0.15) is 4.90 Å². The van der Waals surface area contributed by atoms with Crippen LogP contribution >= 0.6 is 11.6 Å². The molecule has 0 bridgehead atoms. The third kappa shape index (κ3) is 3.47. The molecular weight excluding hydrogens is 290 g/mol. The Morgan fingerprint density at radius 2 is 2.05 bits per heavy atom. The van der Waals surface area contributed by atoms with Crippen LogP contribution in [0.4, 0.5) is 0 Å². The fourth-order valence-corrected chi connectivity index (χ4v) is 3.92. The van der Waals surface area contributed by atoms with Crippen LogP contribution in [0.15, 0.2) is 4.90 Å². The zero-order chi connectivity index (χ0) is 14.8. The van der Waals surface area contributed by atoms with Gasteiger partial charge in [0.05, 0.1) is 23.4 Å². The number of nitrogens with zero attached hydrogens (tertiary/aromatic N) is 3. The molecule has 0 spiro atoms. The molecule has 1 unspecified atom stereocenters. The third-order valence-electron chi connectivity index (χ3n) is 2.91. The number of alkyl halides is 1. The molecule has 0 aromatic carbocycles. The van der Waals surface area contributed by atoms with E-state index in [9.17, 15) is 8.42 Å². The second-order valence-electron chi connectivity index (χ2n) is 4.46. The van der Waals surface area contributed by atoms with Crippen LogP contribution in [0.5, 0.6) is 0 Å². The molecule has 110 valence electrons. The number of rotatable bonds is 6. The summed E-state index contributed by atoms with van der Waals surface area (Å²) in [5.41, 5.74) is 1.10. The lowest BCUT2D eigenvalue weighted by Gasteiger charge is -2.20. The maximum atomic E-state index is 12.5. The van der Waals surface area contributed by atoms with Crippen molar-refractivity contribution in [3.8, 4) is 0 Å². The first-order valence-electron chi connectivity index (χ1n) is 5.81. The van der Waals surface area contributed by atoms with Crippen molar-refractivity contribution in [1.82, 2.24) is 14.1 Å². The summed E-state index contributed by atoms with van der Waals surface area (Å²) >= 11 is 6.00. The van der Waals surface area contributed by atoms with Gasteiger partial charge < -0.3 is 4.74 Å². The van der Waals surface area contributed by atoms with Crippen LogP contribution < -0.4 is 0 Å². The van der Waals surface area contributed by atoms with Crippen LogP contribution in [0.1, 0.15) is 11.4 Å². The molecule has 0 aliphatic rings. The van der Waals surface area contributed by atoms with Crippen LogP contribution in [0.2, 0.25) is 0 Å². The number of hydrogen-bond donors (Lipinski definition) is 0. The van der Waals surface area contributed by atoms with Crippen molar-refractivity contribution in [3.05, 3.63) is 11.4 Å². The van der Waals surface area contributed by atoms with Crippen LogP contribution in [0, 0.1) is 13.8 Å². The molecule has 1 aromatic rings. The SMILES string of the molecule is COCC(Cl)CN(C)S(=O)(=O)c1c(C)nn(C)c1C. The highest BCUT2D eigenvalue weighted by molar-refractivity contribution is 7.89. The molecule has 1 heterocycles. The molecule has 0 amide bonds. The van der Waals surface area contributed by atoms with Gasteiger partial charge in [-0.1, -0.05) is 0 Å². The summed E-state index contributed by atoms with van der Waals surface area (Å²) in [5.74, 6) is 0. The van der Waals surface area contributed by atoms with Crippen molar-refractivity contribution in [1.29, 1.82) is 0 Å². The van der Waals surface area contributed by atoms with E-state index in [-0.39, 0.29) is 16.8 Å². The third-order valence-corrected chi connectivity index (χ3v) is 5.25. The number of sulfonamides is 1. The Labute approximate surface area is 119 Å². The van der Waals surface area contributed by atoms with Gasteiger partial charge in [0.15, 0.2) is 0 Å². The molecule has 0 N–H and O–H groups in total. The standard InChI is InChI=1S/C11H20ClN3O3S/c1-8-11(9(2)15(4)13-8)19(16,17)14(3)6-10(12)7-18-5/h10H,6-7H2,1-5H3. The Bertz CT molecular complexity index is 542. The summed E-state index contributed by atoms with van der Waals surface area (Å²) in [6.07, 6.45) is 0. The average molecular weight is 310 g/mol. The summed E-state index contributed by atoms with van der Waals surface area (Å²) in [6.45, 7) is 3.90. The van der Waals surface area contributed by atoms with Crippen molar-refractivity contribution in [2.45, 2.75) is 24.1 Å². The van der Waals surface area contributed by atoms with E-state index < -0.39 is 10.0 Å². The molecule has 0 radical (unpaired) electrons. The molecule has 0 saturated carbocycles. The topological polar surface area (TPSA) is 64.4 Å². The van der Waals surface area contributed by atoms with Gasteiger partial charge in [-0.05, 0) is 13.8 Å². The molecule has 0 aliphatic heterocycles. The van der Waals surface area contributed by atoms with E-state index in [4.69, 9.17) is 16.3 Å². The predicted molar refractivity (Wildman–Crippen MR) is 74.0 cm³/mol. The molecule has 6 nitrogen and oxygen atoms in total. The normalized spacial score (nSPS) is 14.1. The van der Waals surface area contributed by atoms with E-state index in [0.29, 0.717) is 18.0 Å². The van der Waals surface area contributed by atoms with E-state index in [1.807, 2.05) is 0 Å². The van der Waals surface area contributed by atoms with Gasteiger partial charge >= 0.3 is 0 Å². The first-order valence-corrected chi connectivity index (χ1v) is 7.69. The van der Waals surface area contributed by atoms with Crippen molar-refractivity contribution in [2.24, 2.45) is 7.05 Å². The van der Waals surface area contributed by atoms with E-state index in [1.54, 1.807) is 25.6 Å². The van der Waals surface area contributed by atoms with Gasteiger partial charge in [0.2, 0.25) is 10.0 Å². The largest absolute Gasteiger partial charge is 0.383 e. The number of methoxy groups -OCH3 is 1. The van der Waals surface area contributed by atoms with Gasteiger partial charge in [-0.25, -0.2) is 8.42 Å². The maximum Gasteiger partial charge on any atom is 0.246 e. The average Bonchev–Trinajstić information content (AvgIpc) is 2.53. The summed E-state index contributed by atoms with van der Waals surface area (Å²) in [5, 5.41) is 3.74. The van der Waals surface area contributed by atoms with Gasteiger partial charge in [0, 0.05) is 27.7 Å². The summed E-state index contributed by atoms with van der Waals surface area (Å²) in [7, 11) is 1.17. The number of aromatic nitrogens is 2. The lowest BCUT2D eigenvalue weighted by atomic mass is 10.4. The Hall–Kier alpha value is -0.630. The Balaban J connectivity index is 3.03. The highest BCUT2D eigenvalue weighted by atomic mass is 35.5. The van der Waals surface area contributed by atoms with E-state index in [0.717, 1.165) is 0 Å². The first kappa shape index (κ1) is 16.4. The molecule has 0 saturated heterocycles. The molecule has 1 rings (SSSR count). The van der Waals surface area contributed by atoms with Gasteiger partial charge in [0.25, 0.3) is 0 Å². The Morgan fingerprint density at radius 3 is 2.47 bits per heavy atom. The zero-order valence-corrected chi connectivity index (χ0v) is 13.4. The molecule has 0 fully saturated rings. The predicted octanol–water partition coefficient (Wildman–Crippen LogP) is 0.911. The van der Waals surface area contributed by atoms with E-state index in [2.05, 4.69) is 5.10 Å². The van der Waals surface area contributed by atoms with Gasteiger partial charge in [-0.15, -0.1) is 11.6 Å². The number of aryl methyl sites for hydroxylation is 2.